The minimum atomic E-state index is -3.72. The number of benzene rings is 1. The smallest absolute Gasteiger partial charge is 0.269 e. The zero-order valence-corrected chi connectivity index (χ0v) is 15.7. The molecule has 3 rings (SSSR count). The highest BCUT2D eigenvalue weighted by Gasteiger charge is 2.23. The number of rotatable bonds is 5. The van der Waals surface area contributed by atoms with E-state index in [4.69, 9.17) is 4.74 Å². The standard InChI is InChI=1S/C19H22N2O3S/c1-5-15-12-21(25(22,23)16-8-6-14(4)7-9-16)19-18(15)17(10-11-20-19)24-13(2)3/h6-13H,5H2,1-4H3. The van der Waals surface area contributed by atoms with Crippen LogP contribution in [0.3, 0.4) is 0 Å². The lowest BCUT2D eigenvalue weighted by atomic mass is 10.1. The summed E-state index contributed by atoms with van der Waals surface area (Å²) in [7, 11) is -3.72. The summed E-state index contributed by atoms with van der Waals surface area (Å²) in [4.78, 5) is 4.58. The van der Waals surface area contributed by atoms with Crippen LogP contribution in [-0.4, -0.2) is 23.5 Å². The highest BCUT2D eigenvalue weighted by Crippen LogP contribution is 2.32. The highest BCUT2D eigenvalue weighted by atomic mass is 32.2. The summed E-state index contributed by atoms with van der Waals surface area (Å²) in [5.74, 6) is 0.662. The Morgan fingerprint density at radius 2 is 1.84 bits per heavy atom. The van der Waals surface area contributed by atoms with Gasteiger partial charge in [0.15, 0.2) is 5.65 Å². The van der Waals surface area contributed by atoms with Gasteiger partial charge in [-0.25, -0.2) is 17.4 Å². The second kappa shape index (κ2) is 6.52. The Hall–Kier alpha value is -2.34. The zero-order chi connectivity index (χ0) is 18.2. The topological polar surface area (TPSA) is 61.2 Å². The van der Waals surface area contributed by atoms with Crippen molar-refractivity contribution in [3.63, 3.8) is 0 Å². The van der Waals surface area contributed by atoms with Gasteiger partial charge in [0.25, 0.3) is 10.0 Å². The lowest BCUT2D eigenvalue weighted by Crippen LogP contribution is -2.12. The fraction of sp³-hybridized carbons (Fsp3) is 0.316. The first-order valence-electron chi connectivity index (χ1n) is 8.32. The number of aromatic nitrogens is 2. The van der Waals surface area contributed by atoms with Gasteiger partial charge in [-0.05, 0) is 51.0 Å². The molecule has 1 aromatic carbocycles. The van der Waals surface area contributed by atoms with Crippen LogP contribution in [0.15, 0.2) is 47.6 Å². The molecule has 6 heteroatoms. The number of ether oxygens (including phenoxy) is 1. The highest BCUT2D eigenvalue weighted by molar-refractivity contribution is 7.90. The summed E-state index contributed by atoms with van der Waals surface area (Å²) >= 11 is 0. The summed E-state index contributed by atoms with van der Waals surface area (Å²) < 4.78 is 33.3. The predicted molar refractivity (Wildman–Crippen MR) is 98.6 cm³/mol. The lowest BCUT2D eigenvalue weighted by molar-refractivity contribution is 0.245. The van der Waals surface area contributed by atoms with Gasteiger partial charge >= 0.3 is 0 Å². The molecule has 0 atom stereocenters. The van der Waals surface area contributed by atoms with Crippen molar-refractivity contribution >= 4 is 21.1 Å². The van der Waals surface area contributed by atoms with Crippen LogP contribution >= 0.6 is 0 Å². The average molecular weight is 358 g/mol. The van der Waals surface area contributed by atoms with Crippen molar-refractivity contribution < 1.29 is 13.2 Å². The largest absolute Gasteiger partial charge is 0.490 e. The molecule has 132 valence electrons. The Morgan fingerprint density at radius 1 is 1.16 bits per heavy atom. The van der Waals surface area contributed by atoms with Gasteiger partial charge in [0, 0.05) is 12.4 Å². The van der Waals surface area contributed by atoms with Crippen molar-refractivity contribution in [3.8, 4) is 5.75 Å². The van der Waals surface area contributed by atoms with Crippen LogP contribution in [0.2, 0.25) is 0 Å². The van der Waals surface area contributed by atoms with Gasteiger partial charge in [0.1, 0.15) is 5.75 Å². The van der Waals surface area contributed by atoms with Crippen molar-refractivity contribution in [1.82, 2.24) is 8.96 Å². The molecule has 0 N–H and O–H groups in total. The summed E-state index contributed by atoms with van der Waals surface area (Å²) in [6.07, 6.45) is 3.92. The van der Waals surface area contributed by atoms with E-state index in [0.717, 1.165) is 16.5 Å². The minimum absolute atomic E-state index is 0.00707. The van der Waals surface area contributed by atoms with Crippen molar-refractivity contribution in [2.24, 2.45) is 0 Å². The third kappa shape index (κ3) is 3.14. The molecule has 0 aliphatic heterocycles. The van der Waals surface area contributed by atoms with Gasteiger partial charge in [-0.2, -0.15) is 0 Å². The molecular formula is C19H22N2O3S. The molecule has 3 aromatic rings. The molecule has 0 radical (unpaired) electrons. The van der Waals surface area contributed by atoms with E-state index >= 15 is 0 Å². The maximum Gasteiger partial charge on any atom is 0.269 e. The monoisotopic (exact) mass is 358 g/mol. The van der Waals surface area contributed by atoms with E-state index in [-0.39, 0.29) is 11.0 Å². The van der Waals surface area contributed by atoms with Crippen molar-refractivity contribution in [3.05, 3.63) is 53.9 Å². The Labute approximate surface area is 148 Å². The van der Waals surface area contributed by atoms with Crippen LogP contribution in [0.5, 0.6) is 5.75 Å². The van der Waals surface area contributed by atoms with E-state index in [1.54, 1.807) is 42.7 Å². The molecule has 0 aliphatic rings. The van der Waals surface area contributed by atoms with Gasteiger partial charge in [-0.1, -0.05) is 24.6 Å². The predicted octanol–water partition coefficient (Wildman–Crippen LogP) is 3.93. The molecule has 25 heavy (non-hydrogen) atoms. The number of pyridine rings is 1. The van der Waals surface area contributed by atoms with Crippen molar-refractivity contribution in [1.29, 1.82) is 0 Å². The Morgan fingerprint density at radius 3 is 2.44 bits per heavy atom. The molecule has 2 aromatic heterocycles. The van der Waals surface area contributed by atoms with Gasteiger partial charge in [0.2, 0.25) is 0 Å². The molecule has 5 nitrogen and oxygen atoms in total. The number of hydrogen-bond acceptors (Lipinski definition) is 4. The first-order valence-corrected chi connectivity index (χ1v) is 9.76. The Bertz CT molecular complexity index is 1000. The van der Waals surface area contributed by atoms with E-state index in [9.17, 15) is 8.42 Å². The van der Waals surface area contributed by atoms with E-state index < -0.39 is 10.0 Å². The molecule has 0 saturated carbocycles. The lowest BCUT2D eigenvalue weighted by Gasteiger charge is -2.12. The summed E-state index contributed by atoms with van der Waals surface area (Å²) in [6.45, 7) is 7.80. The summed E-state index contributed by atoms with van der Waals surface area (Å²) in [5.41, 5.74) is 2.31. The van der Waals surface area contributed by atoms with Crippen molar-refractivity contribution in [2.45, 2.75) is 45.1 Å². The van der Waals surface area contributed by atoms with E-state index in [2.05, 4.69) is 4.98 Å². The molecule has 0 fully saturated rings. The average Bonchev–Trinajstić information content (AvgIpc) is 2.95. The Balaban J connectivity index is 2.25. The van der Waals surface area contributed by atoms with Crippen LogP contribution in [0.4, 0.5) is 0 Å². The van der Waals surface area contributed by atoms with Gasteiger partial charge in [-0.3, -0.25) is 0 Å². The number of fused-ring (bicyclic) bond motifs is 1. The molecule has 0 aliphatic carbocycles. The molecular weight excluding hydrogens is 336 g/mol. The van der Waals surface area contributed by atoms with Crippen LogP contribution in [0, 0.1) is 6.92 Å². The second-order valence-electron chi connectivity index (χ2n) is 6.30. The maximum atomic E-state index is 13.1. The number of hydrogen-bond donors (Lipinski definition) is 0. The Kier molecular flexibility index (Phi) is 4.56. The normalized spacial score (nSPS) is 12.0. The quantitative estimate of drug-likeness (QED) is 0.693. The molecule has 2 heterocycles. The van der Waals surface area contributed by atoms with E-state index in [1.807, 2.05) is 27.7 Å². The van der Waals surface area contributed by atoms with Crippen LogP contribution < -0.4 is 4.74 Å². The number of aryl methyl sites for hydroxylation is 2. The summed E-state index contributed by atoms with van der Waals surface area (Å²) in [5, 5.41) is 0.759. The van der Waals surface area contributed by atoms with Crippen LogP contribution in [0.1, 0.15) is 31.9 Å². The minimum Gasteiger partial charge on any atom is -0.490 e. The SMILES string of the molecule is CCc1cn(S(=O)(=O)c2ccc(C)cc2)c2nccc(OC(C)C)c12. The van der Waals surface area contributed by atoms with E-state index in [1.165, 1.54) is 3.97 Å². The van der Waals surface area contributed by atoms with Crippen LogP contribution in [0.25, 0.3) is 11.0 Å². The van der Waals surface area contributed by atoms with Gasteiger partial charge in [-0.15, -0.1) is 0 Å². The summed E-state index contributed by atoms with van der Waals surface area (Å²) in [6, 6.07) is 8.61. The first kappa shape index (κ1) is 17.5. The molecule has 0 bridgehead atoms. The number of nitrogens with zero attached hydrogens (tertiary/aromatic N) is 2. The zero-order valence-electron chi connectivity index (χ0n) is 14.9. The fourth-order valence-electron chi connectivity index (χ4n) is 2.80. The van der Waals surface area contributed by atoms with Crippen LogP contribution in [-0.2, 0) is 16.4 Å². The second-order valence-corrected chi connectivity index (χ2v) is 8.11. The fourth-order valence-corrected chi connectivity index (χ4v) is 4.14. The van der Waals surface area contributed by atoms with E-state index in [0.29, 0.717) is 17.8 Å². The third-order valence-electron chi connectivity index (χ3n) is 4.02. The first-order chi connectivity index (χ1) is 11.8. The van der Waals surface area contributed by atoms with Crippen molar-refractivity contribution in [2.75, 3.05) is 0 Å². The third-order valence-corrected chi connectivity index (χ3v) is 5.68. The molecule has 0 unspecified atom stereocenters. The molecule has 0 spiro atoms. The maximum absolute atomic E-state index is 13.1. The molecule has 0 amide bonds. The van der Waals surface area contributed by atoms with Gasteiger partial charge < -0.3 is 4.74 Å². The molecule has 0 saturated heterocycles. The van der Waals surface area contributed by atoms with Gasteiger partial charge in [0.05, 0.1) is 16.4 Å².